The number of hydrogen-bond acceptors (Lipinski definition) is 4. The summed E-state index contributed by atoms with van der Waals surface area (Å²) in [6, 6.07) is -0.307. The topological polar surface area (TPSA) is 46.1 Å². The third kappa shape index (κ3) is 3.17. The molecule has 0 N–H and O–H groups in total. The van der Waals surface area contributed by atoms with Crippen LogP contribution in [0.5, 0.6) is 0 Å². The molecule has 0 spiro atoms. The number of anilines is 1. The largest absolute Gasteiger partial charge is 0.408 e. The molecule has 0 amide bonds. The van der Waals surface area contributed by atoms with Crippen LogP contribution in [0.15, 0.2) is 11.2 Å². The fraction of sp³-hybridized carbons (Fsp3) is 0.600. The number of nitrogens with zero attached hydrogens (tertiary/aromatic N) is 3. The third-order valence-electron chi connectivity index (χ3n) is 2.84. The van der Waals surface area contributed by atoms with Gasteiger partial charge in [0.05, 0.1) is 10.8 Å². The third-order valence-corrected chi connectivity index (χ3v) is 3.73. The molecule has 1 saturated heterocycles. The standard InChI is InChI=1S/C10H11ClF3N3OS/c1-19(18)9-15-7(11)5-8(16-9)17-4-2-3-6(17)10(12,13)14/h5-6H,2-4H2,1H3. The Balaban J connectivity index is 2.38. The van der Waals surface area contributed by atoms with Crippen molar-refractivity contribution in [1.29, 1.82) is 0 Å². The Morgan fingerprint density at radius 3 is 2.74 bits per heavy atom. The first-order valence-electron chi connectivity index (χ1n) is 5.50. The zero-order valence-corrected chi connectivity index (χ0v) is 11.5. The van der Waals surface area contributed by atoms with Crippen LogP contribution >= 0.6 is 11.6 Å². The molecule has 0 aliphatic carbocycles. The first kappa shape index (κ1) is 14.5. The first-order valence-corrected chi connectivity index (χ1v) is 7.44. The van der Waals surface area contributed by atoms with E-state index >= 15 is 0 Å². The smallest absolute Gasteiger partial charge is 0.344 e. The van der Waals surface area contributed by atoms with E-state index in [0.29, 0.717) is 6.42 Å². The molecule has 0 saturated carbocycles. The first-order chi connectivity index (χ1) is 8.79. The number of aromatic nitrogens is 2. The van der Waals surface area contributed by atoms with Crippen LogP contribution in [-0.4, -0.2) is 39.2 Å². The van der Waals surface area contributed by atoms with Gasteiger partial charge in [0.2, 0.25) is 5.16 Å². The lowest BCUT2D eigenvalue weighted by Gasteiger charge is -2.27. The molecule has 1 aliphatic heterocycles. The predicted octanol–water partition coefficient (Wildman–Crippen LogP) is 2.40. The maximum atomic E-state index is 12.9. The summed E-state index contributed by atoms with van der Waals surface area (Å²) in [5.74, 6) is 0.0741. The highest BCUT2D eigenvalue weighted by Gasteiger charge is 2.46. The second-order valence-electron chi connectivity index (χ2n) is 4.18. The zero-order valence-electron chi connectivity index (χ0n) is 9.95. The van der Waals surface area contributed by atoms with Gasteiger partial charge in [-0.25, -0.2) is 9.97 Å². The van der Waals surface area contributed by atoms with E-state index in [2.05, 4.69) is 9.97 Å². The fourth-order valence-corrected chi connectivity index (χ4v) is 2.72. The Bertz CT molecular complexity index is 511. The Morgan fingerprint density at radius 1 is 1.47 bits per heavy atom. The van der Waals surface area contributed by atoms with Crippen molar-refractivity contribution < 1.29 is 17.4 Å². The van der Waals surface area contributed by atoms with Crippen molar-refractivity contribution in [3.63, 3.8) is 0 Å². The molecule has 9 heteroatoms. The predicted molar refractivity (Wildman–Crippen MR) is 65.8 cm³/mol. The van der Waals surface area contributed by atoms with Gasteiger partial charge in [-0.15, -0.1) is 0 Å². The van der Waals surface area contributed by atoms with Crippen molar-refractivity contribution in [3.8, 4) is 0 Å². The molecule has 1 fully saturated rings. The van der Waals surface area contributed by atoms with Gasteiger partial charge in [-0.1, -0.05) is 11.6 Å². The average Bonchev–Trinajstić information content (AvgIpc) is 2.76. The van der Waals surface area contributed by atoms with E-state index in [1.165, 1.54) is 12.3 Å². The normalized spacial score (nSPS) is 21.7. The van der Waals surface area contributed by atoms with E-state index in [4.69, 9.17) is 11.6 Å². The molecule has 2 heterocycles. The van der Waals surface area contributed by atoms with E-state index in [9.17, 15) is 17.4 Å². The molecule has 0 aromatic carbocycles. The summed E-state index contributed by atoms with van der Waals surface area (Å²) in [6.07, 6.45) is -2.52. The Labute approximate surface area is 115 Å². The molecule has 4 nitrogen and oxygen atoms in total. The van der Waals surface area contributed by atoms with E-state index in [0.717, 1.165) is 4.90 Å². The molecule has 0 radical (unpaired) electrons. The van der Waals surface area contributed by atoms with Gasteiger partial charge in [0.1, 0.15) is 17.0 Å². The Hall–Kier alpha value is -0.890. The Morgan fingerprint density at radius 2 is 2.16 bits per heavy atom. The molecular weight excluding hydrogens is 303 g/mol. The molecule has 1 aliphatic rings. The molecule has 2 unspecified atom stereocenters. The highest BCUT2D eigenvalue weighted by molar-refractivity contribution is 7.84. The van der Waals surface area contributed by atoms with Gasteiger partial charge in [0.15, 0.2) is 0 Å². The van der Waals surface area contributed by atoms with Crippen molar-refractivity contribution in [2.45, 2.75) is 30.2 Å². The number of halogens is 4. The molecule has 106 valence electrons. The highest BCUT2D eigenvalue weighted by Crippen LogP contribution is 2.35. The van der Waals surface area contributed by atoms with Crippen LogP contribution in [0.2, 0.25) is 5.15 Å². The summed E-state index contributed by atoms with van der Waals surface area (Å²) in [4.78, 5) is 8.79. The minimum Gasteiger partial charge on any atom is -0.344 e. The van der Waals surface area contributed by atoms with Gasteiger partial charge in [-0.3, -0.25) is 4.21 Å². The second-order valence-corrected chi connectivity index (χ2v) is 5.84. The zero-order chi connectivity index (χ0) is 14.2. The van der Waals surface area contributed by atoms with Gasteiger partial charge >= 0.3 is 6.18 Å². The van der Waals surface area contributed by atoms with Gasteiger partial charge in [0.25, 0.3) is 0 Å². The quantitative estimate of drug-likeness (QED) is 0.621. The van der Waals surface area contributed by atoms with Gasteiger partial charge in [-0.2, -0.15) is 13.2 Å². The lowest BCUT2D eigenvalue weighted by Crippen LogP contribution is -2.41. The average molecular weight is 314 g/mol. The summed E-state index contributed by atoms with van der Waals surface area (Å²) in [7, 11) is -1.50. The molecule has 19 heavy (non-hydrogen) atoms. The lowest BCUT2D eigenvalue weighted by atomic mass is 10.2. The maximum absolute atomic E-state index is 12.9. The van der Waals surface area contributed by atoms with E-state index in [1.54, 1.807) is 0 Å². The fourth-order valence-electron chi connectivity index (χ4n) is 2.04. The van der Waals surface area contributed by atoms with Crippen LogP contribution in [0.1, 0.15) is 12.8 Å². The highest BCUT2D eigenvalue weighted by atomic mass is 35.5. The summed E-state index contributed by atoms with van der Waals surface area (Å²) >= 11 is 5.74. The van der Waals surface area contributed by atoms with Crippen LogP contribution in [0.4, 0.5) is 19.0 Å². The maximum Gasteiger partial charge on any atom is 0.408 e. The molecule has 0 bridgehead atoms. The van der Waals surface area contributed by atoms with Gasteiger partial charge in [0, 0.05) is 18.9 Å². The summed E-state index contributed by atoms with van der Waals surface area (Å²) in [5.41, 5.74) is 0. The van der Waals surface area contributed by atoms with Gasteiger partial charge in [-0.05, 0) is 12.8 Å². The van der Waals surface area contributed by atoms with Crippen molar-refractivity contribution >= 4 is 28.2 Å². The second kappa shape index (κ2) is 5.24. The van der Waals surface area contributed by atoms with Crippen LogP contribution in [0.25, 0.3) is 0 Å². The van der Waals surface area contributed by atoms with Crippen molar-refractivity contribution in [1.82, 2.24) is 9.97 Å². The van der Waals surface area contributed by atoms with Crippen molar-refractivity contribution in [2.75, 3.05) is 17.7 Å². The van der Waals surface area contributed by atoms with Crippen LogP contribution < -0.4 is 4.90 Å². The number of rotatable bonds is 2. The Kier molecular flexibility index (Phi) is 4.00. The van der Waals surface area contributed by atoms with Crippen molar-refractivity contribution in [2.24, 2.45) is 0 Å². The number of alkyl halides is 3. The summed E-state index contributed by atoms with van der Waals surface area (Å²) in [6.45, 7) is 0.243. The van der Waals surface area contributed by atoms with Crippen molar-refractivity contribution in [3.05, 3.63) is 11.2 Å². The molecule has 1 aromatic heterocycles. The summed E-state index contributed by atoms with van der Waals surface area (Å²) in [5, 5.41) is -0.0710. The summed E-state index contributed by atoms with van der Waals surface area (Å²) < 4.78 is 50.0. The molecular formula is C10H11ClF3N3OS. The van der Waals surface area contributed by atoms with E-state index in [1.807, 2.05) is 0 Å². The monoisotopic (exact) mass is 313 g/mol. The minimum atomic E-state index is -4.32. The van der Waals surface area contributed by atoms with Crippen LogP contribution in [0, 0.1) is 0 Å². The van der Waals surface area contributed by atoms with Crippen LogP contribution in [-0.2, 0) is 10.8 Å². The van der Waals surface area contributed by atoms with Gasteiger partial charge < -0.3 is 4.90 Å². The molecule has 2 atom stereocenters. The molecule has 1 aromatic rings. The number of hydrogen-bond donors (Lipinski definition) is 0. The molecule has 2 rings (SSSR count). The van der Waals surface area contributed by atoms with Crippen LogP contribution in [0.3, 0.4) is 0 Å². The van der Waals surface area contributed by atoms with E-state index in [-0.39, 0.29) is 29.1 Å². The van der Waals surface area contributed by atoms with E-state index < -0.39 is 23.0 Å². The SMILES string of the molecule is CS(=O)c1nc(Cl)cc(N2CCCC2C(F)(F)F)n1. The lowest BCUT2D eigenvalue weighted by molar-refractivity contribution is -0.146. The minimum absolute atomic E-state index is 0.0111.